The Morgan fingerprint density at radius 2 is 2.30 bits per heavy atom. The van der Waals surface area contributed by atoms with Crippen molar-refractivity contribution in [2.45, 2.75) is 26.7 Å². The zero-order chi connectivity index (χ0) is 14.2. The molecule has 0 radical (unpaired) electrons. The van der Waals surface area contributed by atoms with Gasteiger partial charge in [-0.3, -0.25) is 10.2 Å². The Morgan fingerprint density at radius 1 is 1.45 bits per heavy atom. The summed E-state index contributed by atoms with van der Waals surface area (Å²) in [7, 11) is 0. The summed E-state index contributed by atoms with van der Waals surface area (Å²) in [5, 5.41) is 14.3. The number of piperidine rings is 1. The molecule has 0 aliphatic carbocycles. The first-order chi connectivity index (χ1) is 9.61. The van der Waals surface area contributed by atoms with Gasteiger partial charge in [0.1, 0.15) is 0 Å². The molecule has 1 aliphatic rings. The second-order valence-electron chi connectivity index (χ2n) is 5.93. The molecule has 7 nitrogen and oxygen atoms in total. The molecule has 3 rings (SSSR count). The monoisotopic (exact) mass is 275 g/mol. The van der Waals surface area contributed by atoms with Crippen LogP contribution in [0.3, 0.4) is 0 Å². The number of nitrogens with one attached hydrogen (secondary N) is 2. The number of H-pyrrole nitrogens is 2. The second kappa shape index (κ2) is 4.90. The van der Waals surface area contributed by atoms with Crippen molar-refractivity contribution in [1.29, 1.82) is 0 Å². The first kappa shape index (κ1) is 13.1. The lowest BCUT2D eigenvalue weighted by molar-refractivity contribution is 0.270. The van der Waals surface area contributed by atoms with Gasteiger partial charge >= 0.3 is 0 Å². The maximum atomic E-state index is 5.89. The van der Waals surface area contributed by atoms with Crippen LogP contribution in [-0.2, 0) is 0 Å². The number of aromatic nitrogens is 5. The highest BCUT2D eigenvalue weighted by Gasteiger charge is 2.31. The van der Waals surface area contributed by atoms with Gasteiger partial charge in [-0.05, 0) is 31.7 Å². The minimum atomic E-state index is 0.157. The Labute approximate surface area is 118 Å². The number of aromatic amines is 2. The molecule has 108 valence electrons. The Morgan fingerprint density at radius 3 is 3.00 bits per heavy atom. The zero-order valence-corrected chi connectivity index (χ0v) is 12.0. The summed E-state index contributed by atoms with van der Waals surface area (Å²) in [6.07, 6.45) is 4.06. The van der Waals surface area contributed by atoms with Crippen LogP contribution < -0.4 is 10.6 Å². The van der Waals surface area contributed by atoms with E-state index >= 15 is 0 Å². The van der Waals surface area contributed by atoms with Crippen molar-refractivity contribution in [2.24, 2.45) is 11.1 Å². The predicted molar refractivity (Wildman–Crippen MR) is 77.3 cm³/mol. The van der Waals surface area contributed by atoms with E-state index in [1.165, 1.54) is 0 Å². The van der Waals surface area contributed by atoms with Crippen molar-refractivity contribution in [3.63, 3.8) is 0 Å². The third kappa shape index (κ3) is 2.29. The molecule has 4 N–H and O–H groups in total. The maximum Gasteiger partial charge on any atom is 0.245 e. The van der Waals surface area contributed by atoms with Gasteiger partial charge in [-0.25, -0.2) is 0 Å². The van der Waals surface area contributed by atoms with Gasteiger partial charge in [-0.2, -0.15) is 10.1 Å². The Hall–Kier alpha value is -1.89. The van der Waals surface area contributed by atoms with Gasteiger partial charge in [0.15, 0.2) is 5.82 Å². The van der Waals surface area contributed by atoms with Gasteiger partial charge in [0.05, 0.1) is 11.8 Å². The largest absolute Gasteiger partial charge is 0.339 e. The molecular formula is C13H21N7. The fraction of sp³-hybridized carbons (Fsp3) is 0.615. The van der Waals surface area contributed by atoms with E-state index in [1.54, 1.807) is 6.20 Å². The summed E-state index contributed by atoms with van der Waals surface area (Å²) < 4.78 is 0. The van der Waals surface area contributed by atoms with E-state index in [-0.39, 0.29) is 5.41 Å². The first-order valence-corrected chi connectivity index (χ1v) is 6.99. The number of hydrogen-bond acceptors (Lipinski definition) is 5. The van der Waals surface area contributed by atoms with Crippen LogP contribution in [-0.4, -0.2) is 45.0 Å². The molecular weight excluding hydrogens is 254 g/mol. The topological polar surface area (TPSA) is 99.5 Å². The Balaban J connectivity index is 1.82. The third-order valence-electron chi connectivity index (χ3n) is 4.12. The van der Waals surface area contributed by atoms with Crippen molar-refractivity contribution < 1.29 is 0 Å². The molecule has 0 bridgehead atoms. The van der Waals surface area contributed by atoms with Crippen LogP contribution in [0.2, 0.25) is 0 Å². The van der Waals surface area contributed by atoms with Gasteiger partial charge in [-0.15, -0.1) is 5.10 Å². The van der Waals surface area contributed by atoms with Crippen LogP contribution in [0.25, 0.3) is 11.4 Å². The molecule has 20 heavy (non-hydrogen) atoms. The lowest BCUT2D eigenvalue weighted by Crippen LogP contribution is -2.46. The van der Waals surface area contributed by atoms with E-state index in [1.807, 2.05) is 6.92 Å². The SMILES string of the molecule is Cc1[nH]ncc1-c1nc(N2CCCC(C)(CN)C2)n[nH]1. The van der Waals surface area contributed by atoms with Crippen LogP contribution in [0.4, 0.5) is 5.95 Å². The number of aryl methyl sites for hydroxylation is 1. The molecule has 1 aliphatic heterocycles. The Bertz CT molecular complexity index is 587. The molecule has 7 heteroatoms. The molecule has 1 atom stereocenters. The normalized spacial score (nSPS) is 23.2. The fourth-order valence-corrected chi connectivity index (χ4v) is 2.76. The molecule has 1 unspecified atom stereocenters. The highest BCUT2D eigenvalue weighted by molar-refractivity contribution is 5.57. The molecule has 3 heterocycles. The Kier molecular flexibility index (Phi) is 3.21. The number of anilines is 1. The molecule has 1 saturated heterocycles. The van der Waals surface area contributed by atoms with E-state index in [9.17, 15) is 0 Å². The number of nitrogens with zero attached hydrogens (tertiary/aromatic N) is 4. The van der Waals surface area contributed by atoms with Gasteiger partial charge in [0.2, 0.25) is 5.95 Å². The van der Waals surface area contributed by atoms with E-state index in [2.05, 4.69) is 37.2 Å². The van der Waals surface area contributed by atoms with Crippen molar-refractivity contribution in [1.82, 2.24) is 25.4 Å². The van der Waals surface area contributed by atoms with Gasteiger partial charge in [0, 0.05) is 18.8 Å². The van der Waals surface area contributed by atoms with Crippen molar-refractivity contribution >= 4 is 5.95 Å². The van der Waals surface area contributed by atoms with Gasteiger partial charge < -0.3 is 10.6 Å². The van der Waals surface area contributed by atoms with Crippen molar-refractivity contribution in [3.05, 3.63) is 11.9 Å². The van der Waals surface area contributed by atoms with Crippen LogP contribution in [0.5, 0.6) is 0 Å². The third-order valence-corrected chi connectivity index (χ3v) is 4.12. The number of rotatable bonds is 3. The zero-order valence-electron chi connectivity index (χ0n) is 12.0. The minimum Gasteiger partial charge on any atom is -0.339 e. The molecule has 0 saturated carbocycles. The first-order valence-electron chi connectivity index (χ1n) is 6.99. The molecule has 1 fully saturated rings. The van der Waals surface area contributed by atoms with Crippen molar-refractivity contribution in [2.75, 3.05) is 24.5 Å². The quantitative estimate of drug-likeness (QED) is 0.778. The molecule has 0 aromatic carbocycles. The summed E-state index contributed by atoms with van der Waals surface area (Å²) in [6, 6.07) is 0. The molecule has 2 aromatic heterocycles. The second-order valence-corrected chi connectivity index (χ2v) is 5.93. The lowest BCUT2D eigenvalue weighted by Gasteiger charge is -2.39. The van der Waals surface area contributed by atoms with Crippen LogP contribution in [0.1, 0.15) is 25.5 Å². The summed E-state index contributed by atoms with van der Waals surface area (Å²) >= 11 is 0. The van der Waals surface area contributed by atoms with Crippen LogP contribution in [0, 0.1) is 12.3 Å². The average molecular weight is 275 g/mol. The number of nitrogens with two attached hydrogens (primary N) is 1. The van der Waals surface area contributed by atoms with E-state index in [0.717, 1.165) is 49.0 Å². The molecule has 0 amide bonds. The lowest BCUT2D eigenvalue weighted by atomic mass is 9.82. The van der Waals surface area contributed by atoms with E-state index < -0.39 is 0 Å². The summed E-state index contributed by atoms with van der Waals surface area (Å²) in [5.41, 5.74) is 7.99. The summed E-state index contributed by atoms with van der Waals surface area (Å²) in [5.74, 6) is 1.51. The van der Waals surface area contributed by atoms with Gasteiger partial charge in [-0.1, -0.05) is 6.92 Å². The van der Waals surface area contributed by atoms with Crippen LogP contribution >= 0.6 is 0 Å². The summed E-state index contributed by atoms with van der Waals surface area (Å²) in [4.78, 5) is 6.81. The van der Waals surface area contributed by atoms with E-state index in [0.29, 0.717) is 6.54 Å². The average Bonchev–Trinajstić information content (AvgIpc) is 3.07. The highest BCUT2D eigenvalue weighted by Crippen LogP contribution is 2.30. The highest BCUT2D eigenvalue weighted by atomic mass is 15.4. The van der Waals surface area contributed by atoms with Crippen molar-refractivity contribution in [3.8, 4) is 11.4 Å². The molecule has 2 aromatic rings. The summed E-state index contributed by atoms with van der Waals surface area (Å²) in [6.45, 7) is 6.79. The number of hydrogen-bond donors (Lipinski definition) is 3. The standard InChI is InChI=1S/C13H21N7/c1-9-10(6-15-17-9)11-16-12(19-18-11)20-5-3-4-13(2,7-14)8-20/h6H,3-5,7-8,14H2,1-2H3,(H,15,17)(H,16,18,19). The predicted octanol–water partition coefficient (Wildman–Crippen LogP) is 1.07. The smallest absolute Gasteiger partial charge is 0.245 e. The van der Waals surface area contributed by atoms with Gasteiger partial charge in [0.25, 0.3) is 0 Å². The fourth-order valence-electron chi connectivity index (χ4n) is 2.76. The maximum absolute atomic E-state index is 5.89. The minimum absolute atomic E-state index is 0.157. The molecule has 0 spiro atoms. The van der Waals surface area contributed by atoms with Crippen LogP contribution in [0.15, 0.2) is 6.20 Å². The van der Waals surface area contributed by atoms with E-state index in [4.69, 9.17) is 5.73 Å².